The van der Waals surface area contributed by atoms with E-state index in [0.717, 1.165) is 11.1 Å². The first-order valence-electron chi connectivity index (χ1n) is 4.87. The van der Waals surface area contributed by atoms with Crippen LogP contribution in [0.5, 0.6) is 0 Å². The summed E-state index contributed by atoms with van der Waals surface area (Å²) in [5.41, 5.74) is 1.78. The van der Waals surface area contributed by atoms with Crippen LogP contribution in [0.2, 0.25) is 0 Å². The molecule has 17 heavy (non-hydrogen) atoms. The van der Waals surface area contributed by atoms with Crippen LogP contribution in [0.3, 0.4) is 0 Å². The number of Topliss-reactive ketones (excluding diaryl/α,β-unsaturated/α-hetero) is 1. The minimum atomic E-state index is -3.67. The van der Waals surface area contributed by atoms with Crippen LogP contribution in [-0.4, -0.2) is 36.7 Å². The summed E-state index contributed by atoms with van der Waals surface area (Å²) in [5, 5.41) is 8.63. The van der Waals surface area contributed by atoms with Crippen molar-refractivity contribution in [3.8, 4) is 0 Å². The summed E-state index contributed by atoms with van der Waals surface area (Å²) in [4.78, 5) is 10.9. The summed E-state index contributed by atoms with van der Waals surface area (Å²) >= 11 is 0. The third-order valence-corrected chi connectivity index (χ3v) is 1.76. The smallest absolute Gasteiger partial charge is 0.261 e. The summed E-state index contributed by atoms with van der Waals surface area (Å²) in [6, 6.07) is 7.31. The Morgan fingerprint density at radius 1 is 1.24 bits per heavy atom. The van der Waals surface area contributed by atoms with Crippen LogP contribution in [0.25, 0.3) is 0 Å². The summed E-state index contributed by atoms with van der Waals surface area (Å²) < 4.78 is 25.9. The maximum Gasteiger partial charge on any atom is 0.261 e. The molecule has 6 heteroatoms. The summed E-state index contributed by atoms with van der Waals surface area (Å²) in [7, 11) is -3.67. The van der Waals surface area contributed by atoms with Gasteiger partial charge in [-0.05, 0) is 18.9 Å². The number of carbonyl (C=O) groups excluding carboxylic acids is 1. The predicted molar refractivity (Wildman–Crippen MR) is 64.7 cm³/mol. The summed E-state index contributed by atoms with van der Waals surface area (Å²) in [6.45, 7) is 1.69. The molecule has 2 N–H and O–H groups in total. The van der Waals surface area contributed by atoms with Gasteiger partial charge in [0.1, 0.15) is 0 Å². The molecule has 0 aliphatic rings. The van der Waals surface area contributed by atoms with Crippen molar-refractivity contribution >= 4 is 15.9 Å². The van der Waals surface area contributed by atoms with E-state index in [1.807, 2.05) is 12.1 Å². The lowest BCUT2D eigenvalue weighted by atomic mass is 10.1. The zero-order valence-corrected chi connectivity index (χ0v) is 10.6. The first-order chi connectivity index (χ1) is 7.74. The third-order valence-electron chi connectivity index (χ3n) is 1.76. The molecule has 0 heterocycles. The molecular formula is C11H16O5S. The summed E-state index contributed by atoms with van der Waals surface area (Å²) in [6.07, 6.45) is 1.37. The minimum absolute atomic E-state index is 0.0746. The lowest BCUT2D eigenvalue weighted by molar-refractivity contribution is 0.101. The van der Waals surface area contributed by atoms with Crippen LogP contribution in [0.4, 0.5) is 0 Å². The van der Waals surface area contributed by atoms with Gasteiger partial charge < -0.3 is 5.11 Å². The van der Waals surface area contributed by atoms with Gasteiger partial charge in [0.05, 0.1) is 6.26 Å². The van der Waals surface area contributed by atoms with E-state index in [-0.39, 0.29) is 12.4 Å². The topological polar surface area (TPSA) is 91.7 Å². The van der Waals surface area contributed by atoms with Gasteiger partial charge in [0.2, 0.25) is 0 Å². The molecule has 0 unspecified atom stereocenters. The Morgan fingerprint density at radius 2 is 1.65 bits per heavy atom. The Kier molecular flexibility index (Phi) is 6.64. The van der Waals surface area contributed by atoms with Crippen LogP contribution < -0.4 is 0 Å². The SMILES string of the molecule is CC(=O)c1ccc(CCO)cc1.CS(=O)(=O)O. The first-order valence-corrected chi connectivity index (χ1v) is 6.72. The lowest BCUT2D eigenvalue weighted by Gasteiger charge is -1.98. The molecule has 0 saturated heterocycles. The molecule has 1 aromatic rings. The monoisotopic (exact) mass is 260 g/mol. The molecule has 0 amide bonds. The van der Waals surface area contributed by atoms with E-state index < -0.39 is 10.1 Å². The van der Waals surface area contributed by atoms with Crippen molar-refractivity contribution in [3.63, 3.8) is 0 Å². The number of ketones is 1. The zero-order valence-electron chi connectivity index (χ0n) is 9.75. The highest BCUT2D eigenvalue weighted by Crippen LogP contribution is 2.05. The molecule has 96 valence electrons. The van der Waals surface area contributed by atoms with E-state index in [2.05, 4.69) is 0 Å². The Hall–Kier alpha value is -1.24. The van der Waals surface area contributed by atoms with E-state index in [9.17, 15) is 13.2 Å². The van der Waals surface area contributed by atoms with Gasteiger partial charge in [0.25, 0.3) is 10.1 Å². The van der Waals surface area contributed by atoms with E-state index in [1.165, 1.54) is 0 Å². The number of benzene rings is 1. The largest absolute Gasteiger partial charge is 0.396 e. The second-order valence-electron chi connectivity index (χ2n) is 3.46. The van der Waals surface area contributed by atoms with Crippen LogP contribution in [-0.2, 0) is 16.5 Å². The molecule has 0 bridgehead atoms. The molecule has 0 aliphatic carbocycles. The third kappa shape index (κ3) is 9.68. The fourth-order valence-electron chi connectivity index (χ4n) is 1.04. The predicted octanol–water partition coefficient (Wildman–Crippen LogP) is 0.928. The van der Waals surface area contributed by atoms with Gasteiger partial charge in [-0.3, -0.25) is 9.35 Å². The molecule has 0 aromatic heterocycles. The quantitative estimate of drug-likeness (QED) is 0.623. The van der Waals surface area contributed by atoms with Gasteiger partial charge in [0, 0.05) is 12.2 Å². The average Bonchev–Trinajstić information content (AvgIpc) is 2.16. The van der Waals surface area contributed by atoms with E-state index >= 15 is 0 Å². The second kappa shape index (κ2) is 7.16. The van der Waals surface area contributed by atoms with Crippen LogP contribution in [0.1, 0.15) is 22.8 Å². The number of rotatable bonds is 3. The second-order valence-corrected chi connectivity index (χ2v) is 4.93. The molecular weight excluding hydrogens is 244 g/mol. The molecule has 0 fully saturated rings. The van der Waals surface area contributed by atoms with E-state index in [1.54, 1.807) is 19.1 Å². The van der Waals surface area contributed by atoms with E-state index in [4.69, 9.17) is 9.66 Å². The Bertz CT molecular complexity index is 439. The van der Waals surface area contributed by atoms with Gasteiger partial charge >= 0.3 is 0 Å². The summed E-state index contributed by atoms with van der Waals surface area (Å²) in [5.74, 6) is 0.0746. The number of hydrogen-bond donors (Lipinski definition) is 2. The molecule has 0 radical (unpaired) electrons. The van der Waals surface area contributed by atoms with Gasteiger partial charge in [0.15, 0.2) is 5.78 Å². The van der Waals surface area contributed by atoms with Crippen LogP contribution in [0.15, 0.2) is 24.3 Å². The maximum absolute atomic E-state index is 10.9. The van der Waals surface area contributed by atoms with Crippen molar-refractivity contribution in [1.82, 2.24) is 0 Å². The first kappa shape index (κ1) is 15.8. The Balaban J connectivity index is 0.000000437. The van der Waals surface area contributed by atoms with Gasteiger partial charge in [-0.2, -0.15) is 8.42 Å². The molecule has 1 aromatic carbocycles. The molecule has 5 nitrogen and oxygen atoms in total. The van der Waals surface area contributed by atoms with Crippen molar-refractivity contribution in [3.05, 3.63) is 35.4 Å². The minimum Gasteiger partial charge on any atom is -0.396 e. The molecule has 1 rings (SSSR count). The van der Waals surface area contributed by atoms with Gasteiger partial charge in [-0.25, -0.2) is 0 Å². The lowest BCUT2D eigenvalue weighted by Crippen LogP contribution is -1.94. The van der Waals surface area contributed by atoms with Crippen molar-refractivity contribution in [2.45, 2.75) is 13.3 Å². The Labute approximate surface area is 101 Å². The standard InChI is InChI=1S/C10H12O2.CH4O3S/c1-8(12)10-4-2-9(3-5-10)6-7-11;1-5(2,3)4/h2-5,11H,6-7H2,1H3;1H3,(H,2,3,4). The molecule has 0 spiro atoms. The fourth-order valence-corrected chi connectivity index (χ4v) is 1.04. The van der Waals surface area contributed by atoms with Crippen molar-refractivity contribution in [2.24, 2.45) is 0 Å². The Morgan fingerprint density at radius 3 is 1.94 bits per heavy atom. The highest BCUT2D eigenvalue weighted by atomic mass is 32.2. The average molecular weight is 260 g/mol. The molecule has 0 saturated carbocycles. The van der Waals surface area contributed by atoms with Crippen molar-refractivity contribution < 1.29 is 22.9 Å². The van der Waals surface area contributed by atoms with Gasteiger partial charge in [-0.15, -0.1) is 0 Å². The fraction of sp³-hybridized carbons (Fsp3) is 0.364. The number of aliphatic hydroxyl groups is 1. The van der Waals surface area contributed by atoms with Crippen LogP contribution >= 0.6 is 0 Å². The number of aliphatic hydroxyl groups excluding tert-OH is 1. The number of carbonyl (C=O) groups is 1. The maximum atomic E-state index is 10.9. The highest BCUT2D eigenvalue weighted by molar-refractivity contribution is 7.85. The normalized spacial score (nSPS) is 10.4. The van der Waals surface area contributed by atoms with Crippen molar-refractivity contribution in [2.75, 3.05) is 12.9 Å². The van der Waals surface area contributed by atoms with Crippen LogP contribution in [0, 0.1) is 0 Å². The zero-order chi connectivity index (χ0) is 13.5. The van der Waals surface area contributed by atoms with Crippen molar-refractivity contribution in [1.29, 1.82) is 0 Å². The van der Waals surface area contributed by atoms with Gasteiger partial charge in [-0.1, -0.05) is 24.3 Å². The molecule has 0 aliphatic heterocycles. The number of hydrogen-bond acceptors (Lipinski definition) is 4. The van der Waals surface area contributed by atoms with E-state index in [0.29, 0.717) is 12.7 Å². The highest BCUT2D eigenvalue weighted by Gasteiger charge is 1.97. The molecule has 0 atom stereocenters.